The zero-order chi connectivity index (χ0) is 28.2. The van der Waals surface area contributed by atoms with Crippen LogP contribution < -0.4 is 0 Å². The summed E-state index contributed by atoms with van der Waals surface area (Å²) in [6.45, 7) is 9.88. The molecule has 0 radical (unpaired) electrons. The maximum atomic E-state index is 13.5. The Bertz CT molecular complexity index is 833. The van der Waals surface area contributed by atoms with Crippen LogP contribution in [0.1, 0.15) is 98.8 Å². The Hall–Kier alpha value is -1.55. The third kappa shape index (κ3) is 6.95. The van der Waals surface area contributed by atoms with Crippen molar-refractivity contribution in [3.63, 3.8) is 0 Å². The summed E-state index contributed by atoms with van der Waals surface area (Å²) in [5, 5.41) is 31.1. The monoisotopic (exact) mass is 539 g/mol. The highest BCUT2D eigenvalue weighted by atomic mass is 16.6. The molecule has 9 atom stereocenters. The van der Waals surface area contributed by atoms with Crippen LogP contribution in [-0.4, -0.2) is 80.7 Å². The molecule has 0 aromatic heterocycles. The number of piperidine rings is 1. The van der Waals surface area contributed by atoms with Gasteiger partial charge in [-0.1, -0.05) is 34.6 Å². The lowest BCUT2D eigenvalue weighted by atomic mass is 9.78. The minimum atomic E-state index is -2.19. The molecule has 1 aliphatic carbocycles. The number of carbonyl (C=O) groups is 3. The van der Waals surface area contributed by atoms with Crippen molar-refractivity contribution in [2.45, 2.75) is 135 Å². The molecule has 9 nitrogen and oxygen atoms in total. The van der Waals surface area contributed by atoms with Crippen molar-refractivity contribution in [3.05, 3.63) is 0 Å². The Labute approximate surface area is 227 Å². The van der Waals surface area contributed by atoms with Gasteiger partial charge in [0.15, 0.2) is 0 Å². The van der Waals surface area contributed by atoms with Crippen molar-refractivity contribution < 1.29 is 39.2 Å². The zero-order valence-corrected chi connectivity index (χ0v) is 23.8. The van der Waals surface area contributed by atoms with E-state index in [-0.39, 0.29) is 30.4 Å². The first-order valence-electron chi connectivity index (χ1n) is 14.7. The molecule has 1 amide bonds. The van der Waals surface area contributed by atoms with E-state index in [1.165, 1.54) is 4.90 Å². The van der Waals surface area contributed by atoms with Gasteiger partial charge in [-0.15, -0.1) is 0 Å². The highest BCUT2D eigenvalue weighted by Gasteiger charge is 2.52. The predicted octanol–water partition coefficient (Wildman–Crippen LogP) is 2.97. The molecule has 2 saturated heterocycles. The Kier molecular flexibility index (Phi) is 10.8. The third-order valence-electron chi connectivity index (χ3n) is 9.01. The van der Waals surface area contributed by atoms with Gasteiger partial charge in [-0.25, -0.2) is 4.79 Å². The quantitative estimate of drug-likeness (QED) is 0.301. The Morgan fingerprint density at radius 1 is 1.03 bits per heavy atom. The van der Waals surface area contributed by atoms with Crippen molar-refractivity contribution in [2.24, 2.45) is 23.7 Å². The molecule has 1 unspecified atom stereocenters. The zero-order valence-electron chi connectivity index (χ0n) is 23.8. The van der Waals surface area contributed by atoms with Gasteiger partial charge in [-0.3, -0.25) is 9.59 Å². The lowest BCUT2D eigenvalue weighted by Crippen LogP contribution is -2.60. The number of esters is 1. The van der Waals surface area contributed by atoms with E-state index in [0.29, 0.717) is 38.5 Å². The maximum Gasteiger partial charge on any atom is 0.329 e. The van der Waals surface area contributed by atoms with Gasteiger partial charge in [0, 0.05) is 12.5 Å². The first-order chi connectivity index (χ1) is 17.9. The van der Waals surface area contributed by atoms with E-state index in [0.717, 1.165) is 25.7 Å². The van der Waals surface area contributed by atoms with E-state index in [4.69, 9.17) is 9.47 Å². The first kappa shape index (κ1) is 31.0. The minimum absolute atomic E-state index is 0.0175. The number of carbonyl (C=O) groups excluding carboxylic acids is 3. The van der Waals surface area contributed by atoms with Gasteiger partial charge in [0.2, 0.25) is 5.79 Å². The van der Waals surface area contributed by atoms with E-state index in [1.54, 1.807) is 6.92 Å². The topological polar surface area (TPSA) is 134 Å². The van der Waals surface area contributed by atoms with Gasteiger partial charge in [0.1, 0.15) is 12.1 Å². The molecule has 0 spiro atoms. The molecular weight excluding hydrogens is 490 g/mol. The van der Waals surface area contributed by atoms with Crippen molar-refractivity contribution in [1.82, 2.24) is 4.90 Å². The number of hydrogen-bond acceptors (Lipinski definition) is 8. The average molecular weight is 540 g/mol. The summed E-state index contributed by atoms with van der Waals surface area (Å²) in [6.07, 6.45) is 4.29. The summed E-state index contributed by atoms with van der Waals surface area (Å²) in [7, 11) is 0. The summed E-state index contributed by atoms with van der Waals surface area (Å²) >= 11 is 0. The van der Waals surface area contributed by atoms with E-state index < -0.39 is 53.7 Å². The molecule has 3 fully saturated rings. The van der Waals surface area contributed by atoms with Crippen LogP contribution >= 0.6 is 0 Å². The number of aliphatic hydroxyl groups is 3. The number of ether oxygens (including phenoxy) is 2. The normalized spacial score (nSPS) is 36.0. The molecule has 218 valence electrons. The van der Waals surface area contributed by atoms with Crippen LogP contribution in [0.15, 0.2) is 0 Å². The van der Waals surface area contributed by atoms with Crippen molar-refractivity contribution in [3.8, 4) is 0 Å². The molecule has 1 saturated carbocycles. The van der Waals surface area contributed by atoms with Gasteiger partial charge >= 0.3 is 5.97 Å². The number of amides is 1. The number of nitrogens with zero attached hydrogens (tertiary/aromatic N) is 1. The van der Waals surface area contributed by atoms with Crippen LogP contribution in [0.5, 0.6) is 0 Å². The third-order valence-corrected chi connectivity index (χ3v) is 9.01. The van der Waals surface area contributed by atoms with Crippen LogP contribution in [0.2, 0.25) is 0 Å². The van der Waals surface area contributed by atoms with Crippen LogP contribution in [0, 0.1) is 23.7 Å². The van der Waals surface area contributed by atoms with Crippen molar-refractivity contribution in [1.29, 1.82) is 0 Å². The lowest BCUT2D eigenvalue weighted by molar-refractivity contribution is -0.263. The standard InChI is InChI=1S/C29H49NO8/c1-6-21-12-10-19(5)29(36,38-21)26(33)27(34)30-14-8-7-9-22(30)28(35)37-25(17(2)3)18(4)15-20-11-13-23(31)24(32)16-20/h17-25,31-32,36H,6-16H2,1-5H3/t18-,19-,20+,21?,22+,23-,24-,25+,29-/m1/s1. The average Bonchev–Trinajstić information content (AvgIpc) is 2.89. The Balaban J connectivity index is 1.69. The molecule has 2 aliphatic heterocycles. The predicted molar refractivity (Wildman–Crippen MR) is 141 cm³/mol. The SMILES string of the molecule is CCC1CC[C@@H](C)[C@](O)(C(=O)C(=O)N2CCCC[C@H]2C(=O)O[C@@H](C(C)C)[C@H](C)C[C@@H]2CC[C@@H](O)[C@H](O)C2)O1. The molecule has 38 heavy (non-hydrogen) atoms. The van der Waals surface area contributed by atoms with Crippen LogP contribution in [0.4, 0.5) is 0 Å². The molecular formula is C29H49NO8. The molecule has 3 aliphatic rings. The fourth-order valence-corrected chi connectivity index (χ4v) is 6.54. The Morgan fingerprint density at radius 2 is 1.74 bits per heavy atom. The number of aliphatic hydroxyl groups excluding tert-OH is 2. The van der Waals surface area contributed by atoms with E-state index in [2.05, 4.69) is 0 Å². The summed E-state index contributed by atoms with van der Waals surface area (Å²) in [5.41, 5.74) is 0. The van der Waals surface area contributed by atoms with Crippen molar-refractivity contribution >= 4 is 17.7 Å². The molecule has 0 aromatic carbocycles. The van der Waals surface area contributed by atoms with Crippen LogP contribution in [-0.2, 0) is 23.9 Å². The fraction of sp³-hybridized carbons (Fsp3) is 0.897. The fourth-order valence-electron chi connectivity index (χ4n) is 6.54. The molecule has 2 heterocycles. The van der Waals surface area contributed by atoms with Crippen molar-refractivity contribution in [2.75, 3.05) is 6.54 Å². The summed E-state index contributed by atoms with van der Waals surface area (Å²) in [5.74, 6) is -4.84. The number of likely N-dealkylation sites (tertiary alicyclic amines) is 1. The molecule has 3 rings (SSSR count). The molecule has 9 heteroatoms. The second-order valence-electron chi connectivity index (χ2n) is 12.3. The molecule has 0 bridgehead atoms. The molecule has 3 N–H and O–H groups in total. The summed E-state index contributed by atoms with van der Waals surface area (Å²) in [6, 6.07) is -0.884. The number of rotatable bonds is 9. The van der Waals surface area contributed by atoms with Crippen LogP contribution in [0.25, 0.3) is 0 Å². The van der Waals surface area contributed by atoms with E-state index in [1.807, 2.05) is 27.7 Å². The highest BCUT2D eigenvalue weighted by Crippen LogP contribution is 2.36. The summed E-state index contributed by atoms with van der Waals surface area (Å²) in [4.78, 5) is 41.5. The Morgan fingerprint density at radius 3 is 2.37 bits per heavy atom. The van der Waals surface area contributed by atoms with Crippen LogP contribution in [0.3, 0.4) is 0 Å². The van der Waals surface area contributed by atoms with Gasteiger partial charge in [0.25, 0.3) is 11.7 Å². The second-order valence-corrected chi connectivity index (χ2v) is 12.3. The largest absolute Gasteiger partial charge is 0.460 e. The first-order valence-corrected chi connectivity index (χ1v) is 14.7. The number of ketones is 1. The minimum Gasteiger partial charge on any atom is -0.460 e. The van der Waals surface area contributed by atoms with E-state index >= 15 is 0 Å². The van der Waals surface area contributed by atoms with Gasteiger partial charge < -0.3 is 29.7 Å². The number of hydrogen-bond donors (Lipinski definition) is 3. The maximum absolute atomic E-state index is 13.5. The van der Waals surface area contributed by atoms with Gasteiger partial charge in [-0.05, 0) is 82.0 Å². The van der Waals surface area contributed by atoms with Gasteiger partial charge in [-0.2, -0.15) is 0 Å². The highest BCUT2D eigenvalue weighted by molar-refractivity contribution is 6.39. The smallest absolute Gasteiger partial charge is 0.329 e. The molecule has 0 aromatic rings. The lowest BCUT2D eigenvalue weighted by Gasteiger charge is -2.42. The van der Waals surface area contributed by atoms with E-state index in [9.17, 15) is 29.7 Å². The number of Topliss-reactive ketones (excluding diaryl/α,β-unsaturated/α-hetero) is 1. The summed E-state index contributed by atoms with van der Waals surface area (Å²) < 4.78 is 11.8. The second kappa shape index (κ2) is 13.2. The van der Waals surface area contributed by atoms with Gasteiger partial charge in [0.05, 0.1) is 18.3 Å².